The molecule has 1 amide bonds. The first kappa shape index (κ1) is 20.1. The summed E-state index contributed by atoms with van der Waals surface area (Å²) in [7, 11) is 0. The summed E-state index contributed by atoms with van der Waals surface area (Å²) in [6.45, 7) is 2.62. The van der Waals surface area contributed by atoms with Gasteiger partial charge in [0.2, 0.25) is 0 Å². The van der Waals surface area contributed by atoms with Crippen molar-refractivity contribution in [2.45, 2.75) is 70.8 Å². The van der Waals surface area contributed by atoms with Crippen LogP contribution in [0.4, 0.5) is 5.00 Å². The molecule has 1 N–H and O–H groups in total. The Morgan fingerprint density at radius 3 is 2.86 bits per heavy atom. The van der Waals surface area contributed by atoms with Gasteiger partial charge in [0, 0.05) is 17.1 Å². The highest BCUT2D eigenvalue weighted by atomic mass is 32.1. The number of ether oxygens (including phenoxy) is 1. The Morgan fingerprint density at radius 1 is 1.21 bits per heavy atom. The number of hydrogen-bond acceptors (Lipinski definition) is 4. The Bertz CT molecular complexity index is 881. The van der Waals surface area contributed by atoms with Gasteiger partial charge in [-0.1, -0.05) is 31.4 Å². The number of thiophene rings is 1. The number of amides is 1. The van der Waals surface area contributed by atoms with E-state index in [1.165, 1.54) is 36.1 Å². The molecular formula is C24H30N2O2S. The number of carbonyl (C=O) groups is 1. The van der Waals surface area contributed by atoms with Gasteiger partial charge < -0.3 is 10.1 Å². The molecule has 0 radical (unpaired) electrons. The summed E-state index contributed by atoms with van der Waals surface area (Å²) >= 11 is 1.70. The maximum absolute atomic E-state index is 13.2. The Kier molecular flexibility index (Phi) is 6.65. The van der Waals surface area contributed by atoms with Crippen molar-refractivity contribution >= 4 is 28.5 Å². The summed E-state index contributed by atoms with van der Waals surface area (Å²) in [6.07, 6.45) is 12.2. The average molecular weight is 411 g/mol. The molecule has 0 atom stereocenters. The average Bonchev–Trinajstić information content (AvgIpc) is 3.12. The standard InChI is InChI=1S/C24H30N2O2S/c1-2-28-19-12-8-9-17(15-19)16-25-24-22(20-13-6-7-14-21(20)29-24)23(27)26-18-10-4-3-5-11-18/h8-9,12,15-16,18H,2-7,10-11,13-14H2,1H3,(H,26,27). The van der Waals surface area contributed by atoms with Crippen molar-refractivity contribution in [1.82, 2.24) is 5.32 Å². The zero-order chi connectivity index (χ0) is 20.1. The molecule has 0 bridgehead atoms. The second-order valence-electron chi connectivity index (χ2n) is 7.96. The number of nitrogens with zero attached hydrogens (tertiary/aromatic N) is 1. The van der Waals surface area contributed by atoms with Gasteiger partial charge in [-0.05, 0) is 68.7 Å². The van der Waals surface area contributed by atoms with E-state index in [1.54, 1.807) is 11.3 Å². The zero-order valence-electron chi connectivity index (χ0n) is 17.2. The molecule has 154 valence electrons. The van der Waals surface area contributed by atoms with E-state index in [2.05, 4.69) is 5.32 Å². The molecule has 1 aromatic heterocycles. The van der Waals surface area contributed by atoms with Gasteiger partial charge in [-0.3, -0.25) is 4.79 Å². The predicted octanol–water partition coefficient (Wildman–Crippen LogP) is 5.84. The third kappa shape index (κ3) is 4.89. The summed E-state index contributed by atoms with van der Waals surface area (Å²) in [5, 5.41) is 4.16. The molecule has 1 fully saturated rings. The Hall–Kier alpha value is -2.14. The zero-order valence-corrected chi connectivity index (χ0v) is 18.0. The molecule has 4 nitrogen and oxygen atoms in total. The molecule has 0 aliphatic heterocycles. The lowest BCUT2D eigenvalue weighted by molar-refractivity contribution is 0.0927. The van der Waals surface area contributed by atoms with Crippen molar-refractivity contribution in [1.29, 1.82) is 0 Å². The number of benzene rings is 1. The lowest BCUT2D eigenvalue weighted by Gasteiger charge is -2.23. The van der Waals surface area contributed by atoms with Gasteiger partial charge >= 0.3 is 0 Å². The van der Waals surface area contributed by atoms with Crippen LogP contribution in [-0.2, 0) is 12.8 Å². The summed E-state index contributed by atoms with van der Waals surface area (Å²) in [5.41, 5.74) is 3.05. The smallest absolute Gasteiger partial charge is 0.254 e. The second kappa shape index (κ2) is 9.57. The fraction of sp³-hybridized carbons (Fsp3) is 0.500. The van der Waals surface area contributed by atoms with E-state index in [4.69, 9.17) is 9.73 Å². The predicted molar refractivity (Wildman–Crippen MR) is 120 cm³/mol. The van der Waals surface area contributed by atoms with Crippen LogP contribution in [0.15, 0.2) is 29.3 Å². The van der Waals surface area contributed by atoms with Gasteiger partial charge in [-0.15, -0.1) is 11.3 Å². The SMILES string of the molecule is CCOc1cccc(C=Nc2sc3c(c2C(=O)NC2CCCCC2)CCCC3)c1. The van der Waals surface area contributed by atoms with Crippen molar-refractivity contribution in [2.24, 2.45) is 4.99 Å². The molecule has 29 heavy (non-hydrogen) atoms. The summed E-state index contributed by atoms with van der Waals surface area (Å²) < 4.78 is 5.59. The van der Waals surface area contributed by atoms with E-state index in [9.17, 15) is 4.79 Å². The van der Waals surface area contributed by atoms with Crippen LogP contribution in [0, 0.1) is 0 Å². The first-order chi connectivity index (χ1) is 14.2. The molecule has 1 heterocycles. The maximum atomic E-state index is 13.2. The molecule has 0 spiro atoms. The lowest BCUT2D eigenvalue weighted by atomic mass is 9.93. The topological polar surface area (TPSA) is 50.7 Å². The number of hydrogen-bond donors (Lipinski definition) is 1. The summed E-state index contributed by atoms with van der Waals surface area (Å²) in [6, 6.07) is 8.25. The highest BCUT2D eigenvalue weighted by Crippen LogP contribution is 2.40. The summed E-state index contributed by atoms with van der Waals surface area (Å²) in [4.78, 5) is 19.3. The Balaban J connectivity index is 1.59. The molecule has 2 aliphatic rings. The van der Waals surface area contributed by atoms with Gasteiger partial charge in [0.05, 0.1) is 12.2 Å². The van der Waals surface area contributed by atoms with Crippen molar-refractivity contribution in [3.8, 4) is 5.75 Å². The molecule has 0 saturated heterocycles. The van der Waals surface area contributed by atoms with Crippen molar-refractivity contribution < 1.29 is 9.53 Å². The van der Waals surface area contributed by atoms with Crippen LogP contribution in [0.5, 0.6) is 5.75 Å². The lowest BCUT2D eigenvalue weighted by Crippen LogP contribution is -2.36. The molecule has 1 aromatic carbocycles. The van der Waals surface area contributed by atoms with Crippen molar-refractivity contribution in [2.75, 3.05) is 6.61 Å². The van der Waals surface area contributed by atoms with E-state index in [-0.39, 0.29) is 5.91 Å². The van der Waals surface area contributed by atoms with Gasteiger partial charge in [-0.2, -0.15) is 0 Å². The fourth-order valence-corrected chi connectivity index (χ4v) is 5.60. The van der Waals surface area contributed by atoms with E-state index in [0.717, 1.165) is 54.0 Å². The molecule has 2 aliphatic carbocycles. The van der Waals surface area contributed by atoms with Gasteiger partial charge in [0.1, 0.15) is 10.8 Å². The number of nitrogens with one attached hydrogen (secondary N) is 1. The van der Waals surface area contributed by atoms with Gasteiger partial charge in [0.15, 0.2) is 0 Å². The van der Waals surface area contributed by atoms with Gasteiger partial charge in [-0.25, -0.2) is 4.99 Å². The molecule has 0 unspecified atom stereocenters. The number of aryl methyl sites for hydroxylation is 1. The van der Waals surface area contributed by atoms with Crippen LogP contribution in [0.3, 0.4) is 0 Å². The van der Waals surface area contributed by atoms with E-state index in [0.29, 0.717) is 12.6 Å². The van der Waals surface area contributed by atoms with Crippen LogP contribution in [0.1, 0.15) is 78.2 Å². The molecule has 1 saturated carbocycles. The normalized spacial score (nSPS) is 17.3. The van der Waals surface area contributed by atoms with Crippen molar-refractivity contribution in [3.05, 3.63) is 45.8 Å². The number of rotatable bonds is 6. The third-order valence-corrected chi connectivity index (χ3v) is 7.02. The number of aliphatic imine (C=N–C) groups is 1. The highest BCUT2D eigenvalue weighted by molar-refractivity contribution is 7.16. The first-order valence-corrected chi connectivity index (χ1v) is 11.8. The minimum Gasteiger partial charge on any atom is -0.494 e. The van der Waals surface area contributed by atoms with E-state index >= 15 is 0 Å². The van der Waals surface area contributed by atoms with Crippen LogP contribution in [0.2, 0.25) is 0 Å². The Labute approximate surface area is 177 Å². The summed E-state index contributed by atoms with van der Waals surface area (Å²) in [5.74, 6) is 0.920. The Morgan fingerprint density at radius 2 is 2.03 bits per heavy atom. The van der Waals surface area contributed by atoms with E-state index < -0.39 is 0 Å². The number of fused-ring (bicyclic) bond motifs is 1. The molecule has 4 rings (SSSR count). The largest absolute Gasteiger partial charge is 0.494 e. The van der Waals surface area contributed by atoms with Gasteiger partial charge in [0.25, 0.3) is 5.91 Å². The second-order valence-corrected chi connectivity index (χ2v) is 9.05. The number of carbonyl (C=O) groups excluding carboxylic acids is 1. The maximum Gasteiger partial charge on any atom is 0.254 e. The fourth-order valence-electron chi connectivity index (χ4n) is 4.37. The first-order valence-electron chi connectivity index (χ1n) is 11.0. The minimum atomic E-state index is 0.0755. The molecular weight excluding hydrogens is 380 g/mol. The van der Waals surface area contributed by atoms with E-state index in [1.807, 2.05) is 37.4 Å². The van der Waals surface area contributed by atoms with Crippen LogP contribution < -0.4 is 10.1 Å². The van der Waals surface area contributed by atoms with Crippen LogP contribution in [0.25, 0.3) is 0 Å². The monoisotopic (exact) mass is 410 g/mol. The van der Waals surface area contributed by atoms with Crippen LogP contribution >= 0.6 is 11.3 Å². The minimum absolute atomic E-state index is 0.0755. The quantitative estimate of drug-likeness (QED) is 0.608. The van der Waals surface area contributed by atoms with Crippen molar-refractivity contribution in [3.63, 3.8) is 0 Å². The third-order valence-electron chi connectivity index (χ3n) is 5.82. The molecule has 2 aromatic rings. The molecule has 5 heteroatoms. The van der Waals surface area contributed by atoms with Crippen LogP contribution in [-0.4, -0.2) is 24.8 Å². The highest BCUT2D eigenvalue weighted by Gasteiger charge is 2.27.